The Morgan fingerprint density at radius 1 is 1.12 bits per heavy atom. The first-order valence-corrected chi connectivity index (χ1v) is 4.86. The summed E-state index contributed by atoms with van der Waals surface area (Å²) in [4.78, 5) is 2.77. The van der Waals surface area contributed by atoms with Gasteiger partial charge in [0.25, 0.3) is 0 Å². The molecular weight excluding hydrogens is 239 g/mol. The average Bonchev–Trinajstić information content (AvgIpc) is 2.69. The normalized spacial score (nSPS) is 11.8. The van der Waals surface area contributed by atoms with Crippen molar-refractivity contribution in [3.63, 3.8) is 0 Å². The van der Waals surface area contributed by atoms with Crippen molar-refractivity contribution in [1.82, 2.24) is 4.98 Å². The lowest BCUT2D eigenvalue weighted by Crippen LogP contribution is -2.04. The molecule has 0 amide bonds. The summed E-state index contributed by atoms with van der Waals surface area (Å²) < 4.78 is 37.5. The third-order valence-corrected chi connectivity index (χ3v) is 2.53. The lowest BCUT2D eigenvalue weighted by molar-refractivity contribution is -0.137. The number of alkyl halides is 3. The summed E-state index contributed by atoms with van der Waals surface area (Å²) in [6.07, 6.45) is -1.12. The molecule has 0 bridgehead atoms. The van der Waals surface area contributed by atoms with E-state index >= 15 is 0 Å². The number of aromatic nitrogens is 1. The molecule has 1 heterocycles. The summed E-state index contributed by atoms with van der Waals surface area (Å²) >= 11 is 5.86. The molecule has 1 nitrogen and oxygen atoms in total. The standard InChI is InChI=1S/C11H7ClF3N/c12-10-2-1-8(11(13,14)15)5-9(10)7-3-4-16-6-7/h1-6,16H. The number of nitrogens with one attached hydrogen (secondary N) is 1. The second kappa shape index (κ2) is 3.87. The second-order valence-corrected chi connectivity index (χ2v) is 3.70. The molecule has 0 saturated carbocycles. The van der Waals surface area contributed by atoms with E-state index in [1.54, 1.807) is 18.5 Å². The van der Waals surface area contributed by atoms with Crippen molar-refractivity contribution in [2.75, 3.05) is 0 Å². The molecule has 1 aromatic heterocycles. The van der Waals surface area contributed by atoms with Crippen molar-refractivity contribution in [3.05, 3.63) is 47.2 Å². The molecule has 0 aliphatic carbocycles. The summed E-state index contributed by atoms with van der Waals surface area (Å²) in [5, 5.41) is 0.299. The van der Waals surface area contributed by atoms with Crippen molar-refractivity contribution in [2.45, 2.75) is 6.18 Å². The summed E-state index contributed by atoms with van der Waals surface area (Å²) in [5.74, 6) is 0. The highest BCUT2D eigenvalue weighted by molar-refractivity contribution is 6.33. The summed E-state index contributed by atoms with van der Waals surface area (Å²) in [5.41, 5.74) is 0.307. The van der Waals surface area contributed by atoms with Crippen LogP contribution in [0.1, 0.15) is 5.56 Å². The van der Waals surface area contributed by atoms with Gasteiger partial charge in [0.1, 0.15) is 0 Å². The van der Waals surface area contributed by atoms with Gasteiger partial charge < -0.3 is 4.98 Å². The van der Waals surface area contributed by atoms with Gasteiger partial charge in [-0.2, -0.15) is 13.2 Å². The molecule has 0 atom stereocenters. The van der Waals surface area contributed by atoms with Crippen LogP contribution in [0.15, 0.2) is 36.7 Å². The topological polar surface area (TPSA) is 15.8 Å². The maximum absolute atomic E-state index is 12.5. The molecule has 1 aromatic carbocycles. The zero-order valence-corrected chi connectivity index (χ0v) is 8.73. The zero-order valence-electron chi connectivity index (χ0n) is 7.98. The number of halogens is 4. The molecule has 0 saturated heterocycles. The highest BCUT2D eigenvalue weighted by atomic mass is 35.5. The molecule has 0 fully saturated rings. The summed E-state index contributed by atoms with van der Waals surface area (Å²) in [6, 6.07) is 4.94. The van der Waals surface area contributed by atoms with Crippen LogP contribution in [0.2, 0.25) is 5.02 Å². The van der Waals surface area contributed by atoms with E-state index in [2.05, 4.69) is 4.98 Å². The highest BCUT2D eigenvalue weighted by Gasteiger charge is 2.31. The van der Waals surface area contributed by atoms with E-state index in [1.165, 1.54) is 6.07 Å². The Balaban J connectivity index is 2.54. The van der Waals surface area contributed by atoms with Crippen LogP contribution in [0.5, 0.6) is 0 Å². The molecule has 2 aromatic rings. The lowest BCUT2D eigenvalue weighted by atomic mass is 10.1. The van der Waals surface area contributed by atoms with Gasteiger partial charge in [-0.05, 0) is 24.3 Å². The molecule has 0 spiro atoms. The minimum atomic E-state index is -4.35. The van der Waals surface area contributed by atoms with Crippen LogP contribution in [-0.4, -0.2) is 4.98 Å². The molecule has 16 heavy (non-hydrogen) atoms. The number of hydrogen-bond acceptors (Lipinski definition) is 0. The smallest absolute Gasteiger partial charge is 0.367 e. The number of hydrogen-bond donors (Lipinski definition) is 1. The van der Waals surface area contributed by atoms with Gasteiger partial charge in [-0.15, -0.1) is 0 Å². The van der Waals surface area contributed by atoms with Crippen molar-refractivity contribution >= 4 is 11.6 Å². The maximum Gasteiger partial charge on any atom is 0.416 e. The highest BCUT2D eigenvalue weighted by Crippen LogP contribution is 2.35. The predicted octanol–water partition coefficient (Wildman–Crippen LogP) is 4.35. The molecular formula is C11H7ClF3N. The van der Waals surface area contributed by atoms with E-state index in [9.17, 15) is 13.2 Å². The van der Waals surface area contributed by atoms with Crippen LogP contribution < -0.4 is 0 Å². The fraction of sp³-hybridized carbons (Fsp3) is 0.0909. The van der Waals surface area contributed by atoms with Crippen molar-refractivity contribution in [2.24, 2.45) is 0 Å². The Morgan fingerprint density at radius 3 is 2.44 bits per heavy atom. The van der Waals surface area contributed by atoms with E-state index in [-0.39, 0.29) is 0 Å². The Morgan fingerprint density at radius 2 is 1.88 bits per heavy atom. The fourth-order valence-electron chi connectivity index (χ4n) is 1.41. The number of benzene rings is 1. The lowest BCUT2D eigenvalue weighted by Gasteiger charge is -2.09. The monoisotopic (exact) mass is 245 g/mol. The fourth-order valence-corrected chi connectivity index (χ4v) is 1.64. The zero-order chi connectivity index (χ0) is 11.8. The third-order valence-electron chi connectivity index (χ3n) is 2.20. The molecule has 2 rings (SSSR count). The summed E-state index contributed by atoms with van der Waals surface area (Å²) in [6.45, 7) is 0. The Hall–Kier alpha value is -1.42. The first-order valence-electron chi connectivity index (χ1n) is 4.48. The van der Waals surface area contributed by atoms with Gasteiger partial charge >= 0.3 is 6.18 Å². The van der Waals surface area contributed by atoms with E-state index < -0.39 is 11.7 Å². The van der Waals surface area contributed by atoms with Gasteiger partial charge in [0.05, 0.1) is 5.56 Å². The first kappa shape index (κ1) is 11.1. The van der Waals surface area contributed by atoms with E-state index in [1.807, 2.05) is 0 Å². The van der Waals surface area contributed by atoms with E-state index in [0.29, 0.717) is 16.1 Å². The molecule has 1 N–H and O–H groups in total. The number of rotatable bonds is 1. The minimum Gasteiger partial charge on any atom is -0.367 e. The van der Waals surface area contributed by atoms with Crippen molar-refractivity contribution < 1.29 is 13.2 Å². The van der Waals surface area contributed by atoms with Gasteiger partial charge in [0.2, 0.25) is 0 Å². The van der Waals surface area contributed by atoms with Crippen LogP contribution >= 0.6 is 11.6 Å². The SMILES string of the molecule is FC(F)(F)c1ccc(Cl)c(-c2cc[nH]c2)c1. The van der Waals surface area contributed by atoms with Crippen LogP contribution in [0.4, 0.5) is 13.2 Å². The van der Waals surface area contributed by atoms with Crippen LogP contribution in [-0.2, 0) is 6.18 Å². The molecule has 0 aliphatic heterocycles. The maximum atomic E-state index is 12.5. The average molecular weight is 246 g/mol. The van der Waals surface area contributed by atoms with Crippen molar-refractivity contribution in [3.8, 4) is 11.1 Å². The second-order valence-electron chi connectivity index (χ2n) is 3.29. The Bertz CT molecular complexity index is 488. The van der Waals surface area contributed by atoms with Gasteiger partial charge in [-0.3, -0.25) is 0 Å². The molecule has 0 aliphatic rings. The van der Waals surface area contributed by atoms with Gasteiger partial charge in [-0.1, -0.05) is 11.6 Å². The Labute approximate surface area is 94.9 Å². The predicted molar refractivity (Wildman–Crippen MR) is 56.2 cm³/mol. The van der Waals surface area contributed by atoms with E-state index in [0.717, 1.165) is 12.1 Å². The quantitative estimate of drug-likeness (QED) is 0.769. The van der Waals surface area contributed by atoms with Gasteiger partial charge in [-0.25, -0.2) is 0 Å². The van der Waals surface area contributed by atoms with Crippen LogP contribution in [0, 0.1) is 0 Å². The number of H-pyrrole nitrogens is 1. The molecule has 84 valence electrons. The van der Waals surface area contributed by atoms with Crippen molar-refractivity contribution in [1.29, 1.82) is 0 Å². The summed E-state index contributed by atoms with van der Waals surface area (Å²) in [7, 11) is 0. The first-order chi connectivity index (χ1) is 7.48. The van der Waals surface area contributed by atoms with Gasteiger partial charge in [0, 0.05) is 28.5 Å². The van der Waals surface area contributed by atoms with E-state index in [4.69, 9.17) is 11.6 Å². The largest absolute Gasteiger partial charge is 0.416 e. The minimum absolute atomic E-state index is 0.299. The van der Waals surface area contributed by atoms with Crippen LogP contribution in [0.25, 0.3) is 11.1 Å². The Kier molecular flexibility index (Phi) is 2.68. The number of aromatic amines is 1. The molecule has 0 unspecified atom stereocenters. The van der Waals surface area contributed by atoms with Crippen LogP contribution in [0.3, 0.4) is 0 Å². The third kappa shape index (κ3) is 2.07. The van der Waals surface area contributed by atoms with Gasteiger partial charge in [0.15, 0.2) is 0 Å². The molecule has 5 heteroatoms. The molecule has 0 radical (unpaired) electrons.